The molecular formula is C14H11N3O3S. The molecule has 0 radical (unpaired) electrons. The van der Waals surface area contributed by atoms with Gasteiger partial charge in [0.25, 0.3) is 0 Å². The number of aromatic carboxylic acids is 1. The highest BCUT2D eigenvalue weighted by molar-refractivity contribution is 7.13. The number of para-hydroxylation sites is 1. The Hall–Kier alpha value is -2.67. The van der Waals surface area contributed by atoms with Gasteiger partial charge in [-0.3, -0.25) is 0 Å². The van der Waals surface area contributed by atoms with E-state index in [1.165, 1.54) is 11.3 Å². The van der Waals surface area contributed by atoms with E-state index >= 15 is 0 Å². The highest BCUT2D eigenvalue weighted by Crippen LogP contribution is 2.18. The fourth-order valence-corrected chi connectivity index (χ4v) is 2.49. The number of carboxylic acid groups (broad SMARTS) is 1. The molecule has 0 amide bonds. The maximum Gasteiger partial charge on any atom is 0.345 e. The van der Waals surface area contributed by atoms with Crippen LogP contribution in [0.4, 0.5) is 0 Å². The fraction of sp³-hybridized carbons (Fsp3) is 0.0714. The van der Waals surface area contributed by atoms with Crippen LogP contribution in [-0.4, -0.2) is 25.8 Å². The van der Waals surface area contributed by atoms with Crippen molar-refractivity contribution in [1.82, 2.24) is 14.8 Å². The molecule has 1 N–H and O–H groups in total. The Morgan fingerprint density at radius 2 is 2.05 bits per heavy atom. The first-order valence-electron chi connectivity index (χ1n) is 6.14. The van der Waals surface area contributed by atoms with E-state index in [4.69, 9.17) is 9.84 Å². The molecule has 0 bridgehead atoms. The number of aromatic nitrogens is 3. The van der Waals surface area contributed by atoms with Crippen molar-refractivity contribution in [3.63, 3.8) is 0 Å². The van der Waals surface area contributed by atoms with Gasteiger partial charge >= 0.3 is 12.0 Å². The molecule has 3 rings (SSSR count). The van der Waals surface area contributed by atoms with E-state index in [0.717, 1.165) is 10.6 Å². The van der Waals surface area contributed by atoms with Crippen molar-refractivity contribution in [2.24, 2.45) is 0 Å². The van der Waals surface area contributed by atoms with Crippen LogP contribution < -0.4 is 4.74 Å². The quantitative estimate of drug-likeness (QED) is 0.784. The zero-order valence-electron chi connectivity index (χ0n) is 10.8. The molecule has 1 aromatic carbocycles. The zero-order valence-corrected chi connectivity index (χ0v) is 11.7. The van der Waals surface area contributed by atoms with Gasteiger partial charge in [0.15, 0.2) is 0 Å². The summed E-state index contributed by atoms with van der Waals surface area (Å²) in [4.78, 5) is 16.0. The van der Waals surface area contributed by atoms with Gasteiger partial charge < -0.3 is 9.84 Å². The number of ether oxygens (including phenoxy) is 1. The van der Waals surface area contributed by atoms with Crippen LogP contribution in [-0.2, 0) is 6.61 Å². The summed E-state index contributed by atoms with van der Waals surface area (Å²) in [7, 11) is 0. The van der Waals surface area contributed by atoms with Crippen LogP contribution in [0.3, 0.4) is 0 Å². The maximum absolute atomic E-state index is 10.8. The summed E-state index contributed by atoms with van der Waals surface area (Å²) < 4.78 is 7.08. The number of carbonyl (C=O) groups is 1. The minimum atomic E-state index is -0.933. The Labute approximate surface area is 124 Å². The first kappa shape index (κ1) is 13.3. The molecule has 0 aliphatic heterocycles. The number of benzene rings is 1. The average Bonchev–Trinajstić information content (AvgIpc) is 3.15. The molecule has 106 valence electrons. The molecule has 0 aliphatic rings. The standard InChI is InChI=1S/C14H11N3O3S/c18-13(19)12-7-6-11(21-12)8-20-14-15-9-17(16-14)10-4-2-1-3-5-10/h1-7,9H,8H2,(H,18,19). The predicted octanol–water partition coefficient (Wildman–Crippen LogP) is 2.61. The Balaban J connectivity index is 1.66. The minimum absolute atomic E-state index is 0.247. The molecule has 21 heavy (non-hydrogen) atoms. The molecule has 0 aliphatic carbocycles. The van der Waals surface area contributed by atoms with Crippen LogP contribution >= 0.6 is 11.3 Å². The third kappa shape index (κ3) is 3.09. The second-order valence-corrected chi connectivity index (χ2v) is 5.34. The lowest BCUT2D eigenvalue weighted by molar-refractivity contribution is 0.0702. The van der Waals surface area contributed by atoms with Gasteiger partial charge in [-0.05, 0) is 24.3 Å². The maximum atomic E-state index is 10.8. The fourth-order valence-electron chi connectivity index (χ4n) is 1.73. The lowest BCUT2D eigenvalue weighted by atomic mass is 10.3. The van der Waals surface area contributed by atoms with Crippen molar-refractivity contribution in [3.8, 4) is 11.7 Å². The van der Waals surface area contributed by atoms with Crippen molar-refractivity contribution >= 4 is 17.3 Å². The number of nitrogens with zero attached hydrogens (tertiary/aromatic N) is 3. The molecule has 6 nitrogen and oxygen atoms in total. The molecular weight excluding hydrogens is 290 g/mol. The molecule has 7 heteroatoms. The van der Waals surface area contributed by atoms with E-state index in [2.05, 4.69) is 10.1 Å². The van der Waals surface area contributed by atoms with Gasteiger partial charge in [0.05, 0.1) is 5.69 Å². The Kier molecular flexibility index (Phi) is 3.65. The summed E-state index contributed by atoms with van der Waals surface area (Å²) in [6, 6.07) is 13.1. The van der Waals surface area contributed by atoms with Crippen LogP contribution in [0, 0.1) is 0 Å². The Morgan fingerprint density at radius 3 is 2.76 bits per heavy atom. The molecule has 0 fully saturated rings. The monoisotopic (exact) mass is 301 g/mol. The minimum Gasteiger partial charge on any atom is -0.477 e. The number of hydrogen-bond donors (Lipinski definition) is 1. The van der Waals surface area contributed by atoms with Crippen molar-refractivity contribution in [1.29, 1.82) is 0 Å². The van der Waals surface area contributed by atoms with Crippen LogP contribution in [0.5, 0.6) is 6.01 Å². The molecule has 2 heterocycles. The van der Waals surface area contributed by atoms with Crippen LogP contribution in [0.15, 0.2) is 48.8 Å². The van der Waals surface area contributed by atoms with Gasteiger partial charge in [0.1, 0.15) is 17.8 Å². The van der Waals surface area contributed by atoms with Gasteiger partial charge in [-0.25, -0.2) is 9.48 Å². The summed E-state index contributed by atoms with van der Waals surface area (Å²) in [5, 5.41) is 13.1. The summed E-state index contributed by atoms with van der Waals surface area (Å²) in [5.74, 6) is -0.933. The third-order valence-electron chi connectivity index (χ3n) is 2.71. The number of hydrogen-bond acceptors (Lipinski definition) is 5. The van der Waals surface area contributed by atoms with E-state index in [-0.39, 0.29) is 17.5 Å². The van der Waals surface area contributed by atoms with Gasteiger partial charge in [-0.2, -0.15) is 4.98 Å². The summed E-state index contributed by atoms with van der Waals surface area (Å²) in [5.41, 5.74) is 0.893. The molecule has 2 aromatic heterocycles. The third-order valence-corrected chi connectivity index (χ3v) is 3.75. The first-order valence-corrected chi connectivity index (χ1v) is 6.96. The molecule has 0 spiro atoms. The van der Waals surface area contributed by atoms with E-state index < -0.39 is 5.97 Å². The van der Waals surface area contributed by atoms with Crippen molar-refractivity contribution < 1.29 is 14.6 Å². The SMILES string of the molecule is O=C(O)c1ccc(COc2ncn(-c3ccccc3)n2)s1. The first-order chi connectivity index (χ1) is 10.2. The van der Waals surface area contributed by atoms with Gasteiger partial charge in [-0.1, -0.05) is 18.2 Å². The van der Waals surface area contributed by atoms with Crippen LogP contribution in [0.2, 0.25) is 0 Å². The number of carboxylic acids is 1. The van der Waals surface area contributed by atoms with E-state index in [0.29, 0.717) is 0 Å². The Bertz CT molecular complexity index is 752. The molecule has 0 unspecified atom stereocenters. The molecule has 0 saturated carbocycles. The van der Waals surface area contributed by atoms with Crippen molar-refractivity contribution in [2.45, 2.75) is 6.61 Å². The second kappa shape index (κ2) is 5.76. The van der Waals surface area contributed by atoms with Gasteiger partial charge in [-0.15, -0.1) is 16.4 Å². The van der Waals surface area contributed by atoms with Gasteiger partial charge in [0, 0.05) is 4.88 Å². The molecule has 3 aromatic rings. The zero-order chi connectivity index (χ0) is 14.7. The second-order valence-electron chi connectivity index (χ2n) is 4.17. The normalized spacial score (nSPS) is 10.5. The lowest BCUT2D eigenvalue weighted by Crippen LogP contribution is -1.97. The predicted molar refractivity (Wildman–Crippen MR) is 77.0 cm³/mol. The van der Waals surface area contributed by atoms with E-state index in [1.807, 2.05) is 30.3 Å². The molecule has 0 atom stereocenters. The van der Waals surface area contributed by atoms with E-state index in [1.54, 1.807) is 23.1 Å². The topological polar surface area (TPSA) is 77.2 Å². The van der Waals surface area contributed by atoms with Gasteiger partial charge in [0.2, 0.25) is 0 Å². The smallest absolute Gasteiger partial charge is 0.345 e. The highest BCUT2D eigenvalue weighted by atomic mass is 32.1. The van der Waals surface area contributed by atoms with Crippen LogP contribution in [0.25, 0.3) is 5.69 Å². The van der Waals surface area contributed by atoms with Crippen molar-refractivity contribution in [2.75, 3.05) is 0 Å². The summed E-state index contributed by atoms with van der Waals surface area (Å²) >= 11 is 1.18. The largest absolute Gasteiger partial charge is 0.477 e. The number of rotatable bonds is 5. The van der Waals surface area contributed by atoms with Crippen LogP contribution in [0.1, 0.15) is 14.5 Å². The summed E-state index contributed by atoms with van der Waals surface area (Å²) in [6.07, 6.45) is 1.57. The van der Waals surface area contributed by atoms with E-state index in [9.17, 15) is 4.79 Å². The van der Waals surface area contributed by atoms with Crippen molar-refractivity contribution in [3.05, 3.63) is 58.5 Å². The number of thiophene rings is 1. The average molecular weight is 301 g/mol. The Morgan fingerprint density at radius 1 is 1.24 bits per heavy atom. The molecule has 0 saturated heterocycles. The highest BCUT2D eigenvalue weighted by Gasteiger charge is 2.09. The lowest BCUT2D eigenvalue weighted by Gasteiger charge is -1.99. The summed E-state index contributed by atoms with van der Waals surface area (Å²) in [6.45, 7) is 0.247.